The summed E-state index contributed by atoms with van der Waals surface area (Å²) in [5.74, 6) is -0.146. The first-order valence-electron chi connectivity index (χ1n) is 3.34. The Bertz CT molecular complexity index is 219. The van der Waals surface area contributed by atoms with Crippen molar-refractivity contribution in [1.82, 2.24) is 4.98 Å². The Morgan fingerprint density at radius 1 is 1.30 bits per heavy atom. The zero-order valence-electron chi connectivity index (χ0n) is 6.53. The van der Waals surface area contributed by atoms with Crippen LogP contribution < -0.4 is 0 Å². The third kappa shape index (κ3) is 1.20. The van der Waals surface area contributed by atoms with Crippen molar-refractivity contribution in [3.8, 4) is 0 Å². The van der Waals surface area contributed by atoms with Gasteiger partial charge in [0.15, 0.2) is 0 Å². The van der Waals surface area contributed by atoms with Crippen LogP contribution in [0.4, 0.5) is 4.39 Å². The van der Waals surface area contributed by atoms with Crippen molar-refractivity contribution in [2.24, 2.45) is 0 Å². The second-order valence-corrected chi connectivity index (χ2v) is 3.47. The van der Waals surface area contributed by atoms with Crippen LogP contribution in [-0.4, -0.2) is 4.98 Å². The number of H-pyrrole nitrogens is 1. The molecule has 0 aliphatic carbocycles. The summed E-state index contributed by atoms with van der Waals surface area (Å²) in [5, 5.41) is 0. The second kappa shape index (κ2) is 2.11. The standard InChI is InChI=1S/C8H12FN/c1-8(2,3)6-4-10-5-7(6)9/h4-5,10H,1-3H3. The molecule has 0 radical (unpaired) electrons. The molecule has 0 saturated heterocycles. The van der Waals surface area contributed by atoms with E-state index in [0.29, 0.717) is 0 Å². The molecule has 0 aliphatic rings. The summed E-state index contributed by atoms with van der Waals surface area (Å²) in [5.41, 5.74) is 0.650. The smallest absolute Gasteiger partial charge is 0.144 e. The molecule has 0 atom stereocenters. The minimum absolute atomic E-state index is 0.0932. The Labute approximate surface area is 60.3 Å². The van der Waals surface area contributed by atoms with Gasteiger partial charge in [0.05, 0.1) is 0 Å². The summed E-state index contributed by atoms with van der Waals surface area (Å²) in [6.07, 6.45) is 3.08. The molecule has 0 aromatic carbocycles. The third-order valence-electron chi connectivity index (χ3n) is 1.50. The molecule has 1 aromatic heterocycles. The summed E-state index contributed by atoms with van der Waals surface area (Å²) in [7, 11) is 0. The van der Waals surface area contributed by atoms with E-state index >= 15 is 0 Å². The van der Waals surface area contributed by atoms with E-state index in [-0.39, 0.29) is 11.2 Å². The van der Waals surface area contributed by atoms with Crippen molar-refractivity contribution in [3.05, 3.63) is 23.8 Å². The van der Waals surface area contributed by atoms with E-state index in [4.69, 9.17) is 0 Å². The molecule has 0 amide bonds. The zero-order chi connectivity index (χ0) is 7.78. The summed E-state index contributed by atoms with van der Waals surface area (Å²) < 4.78 is 12.8. The van der Waals surface area contributed by atoms with Crippen LogP contribution in [0.3, 0.4) is 0 Å². The van der Waals surface area contributed by atoms with Gasteiger partial charge in [0.1, 0.15) is 5.82 Å². The average Bonchev–Trinajstić information content (AvgIpc) is 2.11. The summed E-state index contributed by atoms with van der Waals surface area (Å²) >= 11 is 0. The highest BCUT2D eigenvalue weighted by Crippen LogP contribution is 2.23. The highest BCUT2D eigenvalue weighted by atomic mass is 19.1. The lowest BCUT2D eigenvalue weighted by molar-refractivity contribution is 0.528. The molecule has 2 heteroatoms. The van der Waals surface area contributed by atoms with Gasteiger partial charge in [-0.15, -0.1) is 0 Å². The molecule has 1 N–H and O–H groups in total. The molecule has 0 bridgehead atoms. The van der Waals surface area contributed by atoms with E-state index in [1.54, 1.807) is 6.20 Å². The van der Waals surface area contributed by atoms with E-state index in [1.165, 1.54) is 6.20 Å². The maximum absolute atomic E-state index is 12.8. The number of hydrogen-bond acceptors (Lipinski definition) is 0. The van der Waals surface area contributed by atoms with Gasteiger partial charge in [-0.1, -0.05) is 20.8 Å². The molecular formula is C8H12FN. The van der Waals surface area contributed by atoms with Gasteiger partial charge in [-0.25, -0.2) is 4.39 Å². The van der Waals surface area contributed by atoms with E-state index in [0.717, 1.165) is 5.56 Å². The first kappa shape index (κ1) is 7.32. The number of rotatable bonds is 0. The van der Waals surface area contributed by atoms with Crippen molar-refractivity contribution < 1.29 is 4.39 Å². The van der Waals surface area contributed by atoms with Crippen LogP contribution >= 0.6 is 0 Å². The van der Waals surface area contributed by atoms with Gasteiger partial charge in [0.25, 0.3) is 0 Å². The Morgan fingerprint density at radius 3 is 2.10 bits per heavy atom. The molecular weight excluding hydrogens is 129 g/mol. The predicted octanol–water partition coefficient (Wildman–Crippen LogP) is 2.45. The minimum Gasteiger partial charge on any atom is -0.365 e. The monoisotopic (exact) mass is 141 g/mol. The van der Waals surface area contributed by atoms with Crippen LogP contribution in [0.2, 0.25) is 0 Å². The Balaban J connectivity index is 3.05. The second-order valence-electron chi connectivity index (χ2n) is 3.47. The quantitative estimate of drug-likeness (QED) is 0.571. The van der Waals surface area contributed by atoms with Gasteiger partial charge in [-0.2, -0.15) is 0 Å². The molecule has 56 valence electrons. The van der Waals surface area contributed by atoms with Crippen LogP contribution in [-0.2, 0) is 5.41 Å². The minimum atomic E-state index is -0.146. The maximum Gasteiger partial charge on any atom is 0.144 e. The van der Waals surface area contributed by atoms with Gasteiger partial charge in [-0.05, 0) is 5.41 Å². The Morgan fingerprint density at radius 2 is 1.90 bits per heavy atom. The third-order valence-corrected chi connectivity index (χ3v) is 1.50. The lowest BCUT2D eigenvalue weighted by atomic mass is 9.89. The first-order valence-corrected chi connectivity index (χ1v) is 3.34. The van der Waals surface area contributed by atoms with E-state index in [1.807, 2.05) is 20.8 Å². The van der Waals surface area contributed by atoms with Crippen molar-refractivity contribution in [2.45, 2.75) is 26.2 Å². The summed E-state index contributed by atoms with van der Waals surface area (Å²) in [6.45, 7) is 5.96. The van der Waals surface area contributed by atoms with Crippen molar-refractivity contribution in [2.75, 3.05) is 0 Å². The normalized spacial score (nSPS) is 12.0. The summed E-state index contributed by atoms with van der Waals surface area (Å²) in [4.78, 5) is 2.73. The van der Waals surface area contributed by atoms with Gasteiger partial charge >= 0.3 is 0 Å². The van der Waals surface area contributed by atoms with Crippen LogP contribution in [0.5, 0.6) is 0 Å². The lowest BCUT2D eigenvalue weighted by Crippen LogP contribution is -2.11. The number of hydrogen-bond donors (Lipinski definition) is 1. The van der Waals surface area contributed by atoms with Gasteiger partial charge < -0.3 is 4.98 Å². The molecule has 0 saturated carbocycles. The maximum atomic E-state index is 12.8. The molecule has 0 spiro atoms. The van der Waals surface area contributed by atoms with Crippen molar-refractivity contribution in [1.29, 1.82) is 0 Å². The van der Waals surface area contributed by atoms with Crippen LogP contribution in [0.15, 0.2) is 12.4 Å². The number of aromatic amines is 1. The highest BCUT2D eigenvalue weighted by molar-refractivity contribution is 5.20. The highest BCUT2D eigenvalue weighted by Gasteiger charge is 2.18. The zero-order valence-corrected chi connectivity index (χ0v) is 6.53. The molecule has 1 rings (SSSR count). The topological polar surface area (TPSA) is 15.8 Å². The average molecular weight is 141 g/mol. The van der Waals surface area contributed by atoms with Gasteiger partial charge in [0, 0.05) is 18.0 Å². The van der Waals surface area contributed by atoms with Crippen molar-refractivity contribution in [3.63, 3.8) is 0 Å². The van der Waals surface area contributed by atoms with Gasteiger partial charge in [0.2, 0.25) is 0 Å². The molecule has 1 aromatic rings. The predicted molar refractivity (Wildman–Crippen MR) is 39.5 cm³/mol. The van der Waals surface area contributed by atoms with Gasteiger partial charge in [-0.3, -0.25) is 0 Å². The SMILES string of the molecule is CC(C)(C)c1c[nH]cc1F. The van der Waals surface area contributed by atoms with Crippen LogP contribution in [0.25, 0.3) is 0 Å². The first-order chi connectivity index (χ1) is 4.52. The lowest BCUT2D eigenvalue weighted by Gasteiger charge is -2.15. The fourth-order valence-corrected chi connectivity index (χ4v) is 0.920. The molecule has 1 heterocycles. The van der Waals surface area contributed by atoms with E-state index in [2.05, 4.69) is 4.98 Å². The Hall–Kier alpha value is -0.790. The fourth-order valence-electron chi connectivity index (χ4n) is 0.920. The fraction of sp³-hybridized carbons (Fsp3) is 0.500. The van der Waals surface area contributed by atoms with Crippen molar-refractivity contribution >= 4 is 0 Å². The van der Waals surface area contributed by atoms with Crippen LogP contribution in [0, 0.1) is 5.82 Å². The van der Waals surface area contributed by atoms with E-state index < -0.39 is 0 Å². The molecule has 1 nitrogen and oxygen atoms in total. The molecule has 0 aliphatic heterocycles. The summed E-state index contributed by atoms with van der Waals surface area (Å²) in [6, 6.07) is 0. The molecule has 0 fully saturated rings. The molecule has 10 heavy (non-hydrogen) atoms. The number of halogens is 1. The number of nitrogens with one attached hydrogen (secondary N) is 1. The Kier molecular flexibility index (Phi) is 1.55. The largest absolute Gasteiger partial charge is 0.365 e. The van der Waals surface area contributed by atoms with E-state index in [9.17, 15) is 4.39 Å². The molecule has 0 unspecified atom stereocenters. The van der Waals surface area contributed by atoms with Crippen LogP contribution in [0.1, 0.15) is 26.3 Å². The number of aromatic nitrogens is 1.